The lowest BCUT2D eigenvalue weighted by Gasteiger charge is -2.24. The van der Waals surface area contributed by atoms with Crippen molar-refractivity contribution in [3.63, 3.8) is 0 Å². The molecule has 0 saturated heterocycles. The number of nitrogens with one attached hydrogen (secondary N) is 2. The summed E-state index contributed by atoms with van der Waals surface area (Å²) in [6.07, 6.45) is 0. The molecule has 0 saturated carbocycles. The molecule has 0 spiro atoms. The maximum absolute atomic E-state index is 5.73. The first-order chi connectivity index (χ1) is 8.61. The number of hydrogen-bond donors (Lipinski definition) is 3. The molecule has 0 fully saturated rings. The molecule has 0 aromatic carbocycles. The van der Waals surface area contributed by atoms with Crippen molar-refractivity contribution in [3.8, 4) is 0 Å². The highest BCUT2D eigenvalue weighted by molar-refractivity contribution is 5.48. The normalized spacial score (nSPS) is 12.4. The van der Waals surface area contributed by atoms with E-state index in [0.29, 0.717) is 6.54 Å². The smallest absolute Gasteiger partial charge is 0.132 e. The van der Waals surface area contributed by atoms with E-state index < -0.39 is 0 Å². The first-order valence-electron chi connectivity index (χ1n) is 6.69. The Hall–Kier alpha value is -1.36. The van der Waals surface area contributed by atoms with Gasteiger partial charge in [0.25, 0.3) is 0 Å². The third kappa shape index (κ3) is 5.87. The van der Waals surface area contributed by atoms with E-state index in [1.165, 1.54) is 0 Å². The molecule has 108 valence electrons. The molecule has 0 aliphatic rings. The van der Waals surface area contributed by atoms with Gasteiger partial charge in [-0.1, -0.05) is 13.8 Å². The Balaban J connectivity index is 2.80. The standard InChI is InChI=1S/C14H27N5/c1-10-17-11(16-9-14(5,6)8-15)7-12(18-10)19-13(2,3)4/h7H,8-9,15H2,1-6H3,(H2,16,17,18,19). The first-order valence-corrected chi connectivity index (χ1v) is 6.69. The highest BCUT2D eigenvalue weighted by Crippen LogP contribution is 2.18. The molecule has 4 N–H and O–H groups in total. The van der Waals surface area contributed by atoms with E-state index in [1.807, 2.05) is 13.0 Å². The largest absolute Gasteiger partial charge is 0.369 e. The highest BCUT2D eigenvalue weighted by atomic mass is 15.1. The SMILES string of the molecule is Cc1nc(NCC(C)(C)CN)cc(NC(C)(C)C)n1. The van der Waals surface area contributed by atoms with Gasteiger partial charge in [0, 0.05) is 18.2 Å². The molecular formula is C14H27N5. The molecular weight excluding hydrogens is 238 g/mol. The maximum Gasteiger partial charge on any atom is 0.132 e. The van der Waals surface area contributed by atoms with Crippen LogP contribution in [0.3, 0.4) is 0 Å². The monoisotopic (exact) mass is 265 g/mol. The first kappa shape index (κ1) is 15.7. The van der Waals surface area contributed by atoms with Crippen molar-refractivity contribution in [2.45, 2.75) is 47.1 Å². The number of rotatable bonds is 5. The van der Waals surface area contributed by atoms with Crippen molar-refractivity contribution in [1.82, 2.24) is 9.97 Å². The summed E-state index contributed by atoms with van der Waals surface area (Å²) in [4.78, 5) is 8.80. The van der Waals surface area contributed by atoms with E-state index in [4.69, 9.17) is 5.73 Å². The lowest BCUT2D eigenvalue weighted by Crippen LogP contribution is -2.31. The zero-order chi connectivity index (χ0) is 14.7. The van der Waals surface area contributed by atoms with Crippen molar-refractivity contribution >= 4 is 11.6 Å². The fourth-order valence-electron chi connectivity index (χ4n) is 1.51. The molecule has 1 rings (SSSR count). The second-order valence-corrected chi connectivity index (χ2v) is 6.78. The molecule has 0 bridgehead atoms. The number of aromatic nitrogens is 2. The van der Waals surface area contributed by atoms with Crippen molar-refractivity contribution in [3.05, 3.63) is 11.9 Å². The Labute approximate surface area is 116 Å². The Morgan fingerprint density at radius 1 is 1.11 bits per heavy atom. The van der Waals surface area contributed by atoms with Crippen molar-refractivity contribution in [1.29, 1.82) is 0 Å². The molecule has 5 nitrogen and oxygen atoms in total. The van der Waals surface area contributed by atoms with Crippen LogP contribution in [-0.2, 0) is 0 Å². The van der Waals surface area contributed by atoms with Crippen LogP contribution in [0, 0.1) is 12.3 Å². The Kier molecular flexibility index (Phi) is 4.74. The molecule has 19 heavy (non-hydrogen) atoms. The third-order valence-corrected chi connectivity index (χ3v) is 2.64. The fraction of sp³-hybridized carbons (Fsp3) is 0.714. The van der Waals surface area contributed by atoms with Gasteiger partial charge in [-0.3, -0.25) is 0 Å². The van der Waals surface area contributed by atoms with E-state index in [0.717, 1.165) is 24.0 Å². The highest BCUT2D eigenvalue weighted by Gasteiger charge is 2.16. The number of nitrogens with two attached hydrogens (primary N) is 1. The van der Waals surface area contributed by atoms with E-state index in [2.05, 4.69) is 55.2 Å². The lowest BCUT2D eigenvalue weighted by molar-refractivity contribution is 0.405. The minimum atomic E-state index is -0.0193. The Morgan fingerprint density at radius 2 is 1.68 bits per heavy atom. The summed E-state index contributed by atoms with van der Waals surface area (Å²) in [6, 6.07) is 1.94. The van der Waals surface area contributed by atoms with Crippen molar-refractivity contribution < 1.29 is 0 Å². The number of hydrogen-bond acceptors (Lipinski definition) is 5. The lowest BCUT2D eigenvalue weighted by atomic mass is 9.94. The van der Waals surface area contributed by atoms with E-state index in [9.17, 15) is 0 Å². The minimum absolute atomic E-state index is 0.0193. The molecule has 0 atom stereocenters. The minimum Gasteiger partial charge on any atom is -0.369 e. The molecule has 0 radical (unpaired) electrons. The van der Waals surface area contributed by atoms with Gasteiger partial charge in [0.05, 0.1) is 0 Å². The van der Waals surface area contributed by atoms with Crippen LogP contribution in [0.25, 0.3) is 0 Å². The number of anilines is 2. The Bertz CT molecular complexity index is 420. The second kappa shape index (κ2) is 5.74. The molecule has 1 aromatic heterocycles. The van der Waals surface area contributed by atoms with Gasteiger partial charge in [-0.05, 0) is 39.7 Å². The summed E-state index contributed by atoms with van der Waals surface area (Å²) in [5, 5.41) is 6.69. The zero-order valence-electron chi connectivity index (χ0n) is 13.0. The summed E-state index contributed by atoms with van der Waals surface area (Å²) in [6.45, 7) is 13.9. The van der Waals surface area contributed by atoms with Gasteiger partial charge in [-0.15, -0.1) is 0 Å². The van der Waals surface area contributed by atoms with Crippen LogP contribution in [0.15, 0.2) is 6.07 Å². The van der Waals surface area contributed by atoms with Crippen LogP contribution in [0.1, 0.15) is 40.4 Å². The Morgan fingerprint density at radius 3 is 2.21 bits per heavy atom. The maximum atomic E-state index is 5.73. The molecule has 0 aliphatic heterocycles. The van der Waals surface area contributed by atoms with E-state index in [-0.39, 0.29) is 11.0 Å². The van der Waals surface area contributed by atoms with Crippen LogP contribution in [0.5, 0.6) is 0 Å². The van der Waals surface area contributed by atoms with Gasteiger partial charge >= 0.3 is 0 Å². The second-order valence-electron chi connectivity index (χ2n) is 6.78. The van der Waals surface area contributed by atoms with E-state index >= 15 is 0 Å². The fourth-order valence-corrected chi connectivity index (χ4v) is 1.51. The summed E-state index contributed by atoms with van der Waals surface area (Å²) in [5.41, 5.74) is 5.76. The van der Waals surface area contributed by atoms with Crippen LogP contribution >= 0.6 is 0 Å². The van der Waals surface area contributed by atoms with Gasteiger partial charge in [0.1, 0.15) is 17.5 Å². The van der Waals surface area contributed by atoms with Gasteiger partial charge < -0.3 is 16.4 Å². The summed E-state index contributed by atoms with van der Waals surface area (Å²) < 4.78 is 0. The molecule has 1 heterocycles. The summed E-state index contributed by atoms with van der Waals surface area (Å²) in [5.74, 6) is 2.43. The van der Waals surface area contributed by atoms with Crippen LogP contribution < -0.4 is 16.4 Å². The van der Waals surface area contributed by atoms with E-state index in [1.54, 1.807) is 0 Å². The van der Waals surface area contributed by atoms with Gasteiger partial charge in [-0.2, -0.15) is 0 Å². The number of aryl methyl sites for hydroxylation is 1. The molecule has 0 unspecified atom stereocenters. The van der Waals surface area contributed by atoms with Crippen molar-refractivity contribution in [2.75, 3.05) is 23.7 Å². The molecule has 1 aromatic rings. The van der Waals surface area contributed by atoms with Gasteiger partial charge in [-0.25, -0.2) is 9.97 Å². The third-order valence-electron chi connectivity index (χ3n) is 2.64. The predicted molar refractivity (Wildman–Crippen MR) is 81.5 cm³/mol. The molecule has 5 heteroatoms. The van der Waals surface area contributed by atoms with Gasteiger partial charge in [0.15, 0.2) is 0 Å². The summed E-state index contributed by atoms with van der Waals surface area (Å²) in [7, 11) is 0. The van der Waals surface area contributed by atoms with Crippen LogP contribution in [-0.4, -0.2) is 28.6 Å². The van der Waals surface area contributed by atoms with Gasteiger partial charge in [0.2, 0.25) is 0 Å². The van der Waals surface area contributed by atoms with Crippen molar-refractivity contribution in [2.24, 2.45) is 11.1 Å². The molecule has 0 amide bonds. The number of nitrogens with zero attached hydrogens (tertiary/aromatic N) is 2. The van der Waals surface area contributed by atoms with Crippen LogP contribution in [0.4, 0.5) is 11.6 Å². The molecule has 0 aliphatic carbocycles. The quantitative estimate of drug-likeness (QED) is 0.762. The zero-order valence-corrected chi connectivity index (χ0v) is 13.0. The topological polar surface area (TPSA) is 75.9 Å². The summed E-state index contributed by atoms with van der Waals surface area (Å²) >= 11 is 0. The average molecular weight is 265 g/mol. The predicted octanol–water partition coefficient (Wildman–Crippen LogP) is 2.39. The van der Waals surface area contributed by atoms with Crippen LogP contribution in [0.2, 0.25) is 0 Å². The average Bonchev–Trinajstić information content (AvgIpc) is 2.23.